The highest BCUT2D eigenvalue weighted by atomic mass is 31.2. The van der Waals surface area contributed by atoms with Crippen molar-refractivity contribution in [1.29, 1.82) is 0 Å². The van der Waals surface area contributed by atoms with Gasteiger partial charge in [-0.15, -0.1) is 0 Å². The van der Waals surface area contributed by atoms with E-state index in [4.69, 9.17) is 19.6 Å². The molecule has 0 aromatic heterocycles. The molecular formula is H5NO4P2. The minimum atomic E-state index is -2.36. The molecule has 0 aliphatic heterocycles. The van der Waals surface area contributed by atoms with Crippen LogP contribution in [0.1, 0.15) is 0 Å². The fraction of sp³-hybridized carbons (Fsp3) is 0. The van der Waals surface area contributed by atoms with Gasteiger partial charge in [-0.2, -0.15) is 4.86 Å². The van der Waals surface area contributed by atoms with Gasteiger partial charge in [0.1, 0.15) is 0 Å². The largest absolute Gasteiger partial charge is 0.338 e. The van der Waals surface area contributed by atoms with Crippen molar-refractivity contribution in [3.05, 3.63) is 0 Å². The number of nitrogens with one attached hydrogen (secondary N) is 1. The maximum atomic E-state index is 7.93. The van der Waals surface area contributed by atoms with E-state index in [1.165, 1.54) is 0 Å². The molecule has 5 nitrogen and oxygen atoms in total. The topological polar surface area (TPSA) is 93.0 Å². The van der Waals surface area contributed by atoms with Crippen molar-refractivity contribution >= 4 is 17.1 Å². The molecule has 0 aliphatic carbocycles. The third-order valence-corrected chi connectivity index (χ3v) is 1.61. The molecular weight excluding hydrogens is 140 g/mol. The van der Waals surface area contributed by atoms with Crippen molar-refractivity contribution in [3.63, 3.8) is 0 Å². The van der Waals surface area contributed by atoms with Crippen molar-refractivity contribution < 1.29 is 19.6 Å². The van der Waals surface area contributed by atoms with Gasteiger partial charge in [-0.3, -0.25) is 0 Å². The lowest BCUT2D eigenvalue weighted by atomic mass is 13.9. The lowest BCUT2D eigenvalue weighted by Crippen LogP contribution is -1.95. The SMILES string of the molecule is OP(O)NP(O)O. The van der Waals surface area contributed by atoms with Crippen LogP contribution in [-0.4, -0.2) is 19.6 Å². The van der Waals surface area contributed by atoms with Crippen molar-refractivity contribution in [2.75, 3.05) is 0 Å². The van der Waals surface area contributed by atoms with Crippen LogP contribution < -0.4 is 4.86 Å². The summed E-state index contributed by atoms with van der Waals surface area (Å²) in [4.78, 5) is 33.4. The van der Waals surface area contributed by atoms with E-state index in [1.54, 1.807) is 4.86 Å². The first-order valence-corrected chi connectivity index (χ1v) is 3.74. The standard InChI is InChI=1S/H5NO4P2/c2-6(3)1-7(4)5/h1-5H. The Balaban J connectivity index is 2.95. The average molecular weight is 145 g/mol. The highest BCUT2D eigenvalue weighted by molar-refractivity contribution is 7.59. The van der Waals surface area contributed by atoms with Crippen LogP contribution in [0.3, 0.4) is 0 Å². The molecule has 44 valence electrons. The zero-order chi connectivity index (χ0) is 5.86. The second kappa shape index (κ2) is 3.64. The molecule has 0 radical (unpaired) electrons. The van der Waals surface area contributed by atoms with Gasteiger partial charge in [0.25, 0.3) is 17.1 Å². The summed E-state index contributed by atoms with van der Waals surface area (Å²) >= 11 is 0. The van der Waals surface area contributed by atoms with E-state index in [2.05, 4.69) is 0 Å². The molecule has 0 aliphatic rings. The summed E-state index contributed by atoms with van der Waals surface area (Å²) in [6, 6.07) is 0. The van der Waals surface area contributed by atoms with Gasteiger partial charge < -0.3 is 19.6 Å². The summed E-state index contributed by atoms with van der Waals surface area (Å²) < 4.78 is 0. The Kier molecular flexibility index (Phi) is 3.98. The molecule has 0 amide bonds. The van der Waals surface area contributed by atoms with E-state index in [1.807, 2.05) is 0 Å². The summed E-state index contributed by atoms with van der Waals surface area (Å²) in [5.74, 6) is 0. The first-order valence-electron chi connectivity index (χ1n) is 1.25. The van der Waals surface area contributed by atoms with Gasteiger partial charge >= 0.3 is 0 Å². The predicted octanol–water partition coefficient (Wildman–Crippen LogP) is -1.00. The Labute approximate surface area is 42.6 Å². The molecule has 0 saturated carbocycles. The third-order valence-electron chi connectivity index (χ3n) is 0.179. The fourth-order valence-corrected chi connectivity index (χ4v) is 0.720. The van der Waals surface area contributed by atoms with Crippen LogP contribution in [-0.2, 0) is 0 Å². The molecule has 0 saturated heterocycles. The van der Waals surface area contributed by atoms with Crippen LogP contribution in [0.4, 0.5) is 0 Å². The minimum Gasteiger partial charge on any atom is -0.338 e. The number of rotatable bonds is 2. The molecule has 0 aromatic rings. The van der Waals surface area contributed by atoms with Gasteiger partial charge in [0.15, 0.2) is 0 Å². The van der Waals surface area contributed by atoms with E-state index in [0.717, 1.165) is 0 Å². The smallest absolute Gasteiger partial charge is 0.257 e. The Hall–Kier alpha value is 0.660. The van der Waals surface area contributed by atoms with Gasteiger partial charge in [-0.1, -0.05) is 0 Å². The monoisotopic (exact) mass is 145 g/mol. The second-order valence-electron chi connectivity index (χ2n) is 0.679. The van der Waals surface area contributed by atoms with Crippen molar-refractivity contribution in [2.24, 2.45) is 0 Å². The van der Waals surface area contributed by atoms with E-state index in [9.17, 15) is 0 Å². The van der Waals surface area contributed by atoms with E-state index >= 15 is 0 Å². The maximum absolute atomic E-state index is 7.93. The van der Waals surface area contributed by atoms with Crippen LogP contribution in [0.2, 0.25) is 0 Å². The predicted molar refractivity (Wildman–Crippen MR) is 25.9 cm³/mol. The normalized spacial score (nSPS) is 11.1. The molecule has 0 heterocycles. The zero-order valence-corrected chi connectivity index (χ0v) is 4.97. The Bertz CT molecular complexity index is 39.0. The summed E-state index contributed by atoms with van der Waals surface area (Å²) in [5.41, 5.74) is 0. The van der Waals surface area contributed by atoms with Crippen LogP contribution in [0.5, 0.6) is 0 Å². The minimum absolute atomic E-state index is 1.66. The van der Waals surface area contributed by atoms with Crippen LogP contribution >= 0.6 is 17.1 Å². The molecule has 7 heteroatoms. The third kappa shape index (κ3) is 6.66. The average Bonchev–Trinajstić information content (AvgIpc) is 1.27. The van der Waals surface area contributed by atoms with E-state index < -0.39 is 17.1 Å². The molecule has 0 fully saturated rings. The lowest BCUT2D eigenvalue weighted by molar-refractivity contribution is 0.450. The Morgan fingerprint density at radius 2 is 1.14 bits per heavy atom. The Morgan fingerprint density at radius 3 is 1.14 bits per heavy atom. The first kappa shape index (κ1) is 7.66. The summed E-state index contributed by atoms with van der Waals surface area (Å²) in [6.45, 7) is 0. The van der Waals surface area contributed by atoms with Gasteiger partial charge in [-0.25, -0.2) is 0 Å². The second-order valence-corrected chi connectivity index (χ2v) is 2.64. The molecule has 0 bridgehead atoms. The van der Waals surface area contributed by atoms with Gasteiger partial charge in [-0.05, 0) is 0 Å². The Morgan fingerprint density at radius 1 is 0.857 bits per heavy atom. The molecule has 5 N–H and O–H groups in total. The van der Waals surface area contributed by atoms with Crippen LogP contribution in [0, 0.1) is 0 Å². The van der Waals surface area contributed by atoms with Gasteiger partial charge in [0, 0.05) is 0 Å². The quantitative estimate of drug-likeness (QED) is 0.321. The van der Waals surface area contributed by atoms with E-state index in [-0.39, 0.29) is 0 Å². The summed E-state index contributed by atoms with van der Waals surface area (Å²) in [5, 5.41) is 0. The van der Waals surface area contributed by atoms with E-state index in [0.29, 0.717) is 0 Å². The number of hydrogen-bond acceptors (Lipinski definition) is 5. The van der Waals surface area contributed by atoms with Crippen molar-refractivity contribution in [2.45, 2.75) is 0 Å². The molecule has 0 rings (SSSR count). The highest BCUT2D eigenvalue weighted by Gasteiger charge is 2.02. The molecule has 7 heavy (non-hydrogen) atoms. The van der Waals surface area contributed by atoms with Gasteiger partial charge in [0.05, 0.1) is 0 Å². The zero-order valence-electron chi connectivity index (χ0n) is 3.18. The maximum Gasteiger partial charge on any atom is 0.257 e. The molecule has 0 unspecified atom stereocenters. The lowest BCUT2D eigenvalue weighted by Gasteiger charge is -2.02. The molecule has 0 atom stereocenters. The molecule has 0 spiro atoms. The number of hydrogen-bond donors (Lipinski definition) is 5. The molecule has 0 aromatic carbocycles. The van der Waals surface area contributed by atoms with Crippen LogP contribution in [0.25, 0.3) is 0 Å². The summed E-state index contributed by atoms with van der Waals surface area (Å²) in [6.07, 6.45) is 0. The highest BCUT2D eigenvalue weighted by Crippen LogP contribution is 2.30. The fourth-order valence-electron chi connectivity index (χ4n) is 0.0800. The first-order chi connectivity index (χ1) is 3.13. The van der Waals surface area contributed by atoms with Crippen molar-refractivity contribution in [3.8, 4) is 0 Å². The van der Waals surface area contributed by atoms with Gasteiger partial charge in [0.2, 0.25) is 0 Å². The van der Waals surface area contributed by atoms with Crippen molar-refractivity contribution in [1.82, 2.24) is 4.86 Å². The summed E-state index contributed by atoms with van der Waals surface area (Å²) in [7, 11) is -4.72. The van der Waals surface area contributed by atoms with Crippen LogP contribution in [0.15, 0.2) is 0 Å².